The van der Waals surface area contributed by atoms with Crippen LogP contribution in [-0.2, 0) is 9.59 Å². The van der Waals surface area contributed by atoms with E-state index in [2.05, 4.69) is 115 Å². The van der Waals surface area contributed by atoms with Crippen molar-refractivity contribution < 1.29 is 19.1 Å². The molecule has 0 N–H and O–H groups in total. The average molecular weight is 643 g/mol. The highest BCUT2D eigenvalue weighted by molar-refractivity contribution is 5.85. The first-order chi connectivity index (χ1) is 23.9. The molecule has 6 aromatic rings. The summed E-state index contributed by atoms with van der Waals surface area (Å²) in [7, 11) is 0. The van der Waals surface area contributed by atoms with Crippen LogP contribution < -0.4 is 19.3 Å². The number of nitrogens with zero attached hydrogens (tertiary/aromatic N) is 2. The highest BCUT2D eigenvalue weighted by Gasteiger charge is 2.15. The van der Waals surface area contributed by atoms with Gasteiger partial charge in [-0.3, -0.25) is 0 Å². The highest BCUT2D eigenvalue weighted by Crippen LogP contribution is 2.39. The lowest BCUT2D eigenvalue weighted by Crippen LogP contribution is -2.10. The first-order valence-electron chi connectivity index (χ1n) is 15.7. The Morgan fingerprint density at radius 3 is 1.10 bits per heavy atom. The maximum Gasteiger partial charge on any atom is 0.335 e. The quantitative estimate of drug-likeness (QED) is 0.0796. The molecule has 0 spiro atoms. The number of carbonyl (C=O) groups excluding carboxylic acids is 2. The number of esters is 2. The van der Waals surface area contributed by atoms with Gasteiger partial charge in [-0.15, -0.1) is 0 Å². The molecule has 0 aromatic heterocycles. The van der Waals surface area contributed by atoms with Gasteiger partial charge >= 0.3 is 11.9 Å². The summed E-state index contributed by atoms with van der Waals surface area (Å²) in [6.07, 6.45) is 2.25. The van der Waals surface area contributed by atoms with Crippen LogP contribution in [0.15, 0.2) is 177 Å². The Morgan fingerprint density at radius 1 is 0.449 bits per heavy atom. The average Bonchev–Trinajstić information content (AvgIpc) is 3.15. The van der Waals surface area contributed by atoms with Crippen molar-refractivity contribution in [3.05, 3.63) is 183 Å². The molecule has 0 unspecified atom stereocenters. The number of carbonyl (C=O) groups is 2. The van der Waals surface area contributed by atoms with E-state index in [1.165, 1.54) is 5.56 Å². The van der Waals surface area contributed by atoms with E-state index in [1.807, 2.05) is 42.5 Å². The number of anilines is 6. The van der Waals surface area contributed by atoms with Gasteiger partial charge in [0, 0.05) is 46.3 Å². The molecule has 0 aliphatic heterocycles. The van der Waals surface area contributed by atoms with E-state index in [4.69, 9.17) is 9.47 Å². The van der Waals surface area contributed by atoms with Gasteiger partial charge in [0.1, 0.15) is 11.5 Å². The Labute approximate surface area is 286 Å². The first kappa shape index (κ1) is 32.3. The molecule has 0 saturated heterocycles. The number of benzene rings is 6. The van der Waals surface area contributed by atoms with Crippen molar-refractivity contribution in [3.63, 3.8) is 0 Å². The summed E-state index contributed by atoms with van der Waals surface area (Å²) < 4.78 is 10.6. The Bertz CT molecular complexity index is 1990. The third-order valence-electron chi connectivity index (χ3n) is 7.85. The molecule has 0 radical (unpaired) electrons. The van der Waals surface area contributed by atoms with Gasteiger partial charge in [0.25, 0.3) is 0 Å². The van der Waals surface area contributed by atoms with E-state index in [-0.39, 0.29) is 0 Å². The number of hydrogen-bond acceptors (Lipinski definition) is 6. The molecule has 0 bridgehead atoms. The second-order valence-corrected chi connectivity index (χ2v) is 11.2. The lowest BCUT2D eigenvalue weighted by atomic mass is 10.0. The van der Waals surface area contributed by atoms with Crippen molar-refractivity contribution in [2.75, 3.05) is 9.80 Å². The van der Waals surface area contributed by atoms with E-state index in [0.29, 0.717) is 11.5 Å². The van der Waals surface area contributed by atoms with E-state index < -0.39 is 11.9 Å². The molecule has 240 valence electrons. The van der Waals surface area contributed by atoms with Gasteiger partial charge in [-0.05, 0) is 115 Å². The minimum atomic E-state index is -0.527. The van der Waals surface area contributed by atoms with E-state index in [1.54, 1.807) is 24.3 Å². The molecular weight excluding hydrogens is 608 g/mol. The zero-order valence-electron chi connectivity index (χ0n) is 27.0. The van der Waals surface area contributed by atoms with Crippen LogP contribution in [0, 0.1) is 6.92 Å². The number of hydrogen-bond donors (Lipinski definition) is 0. The molecular formula is C43H34N2O4. The summed E-state index contributed by atoms with van der Waals surface area (Å²) in [5.41, 5.74) is 9.18. The van der Waals surface area contributed by atoms with Crippen LogP contribution in [-0.4, -0.2) is 11.9 Å². The van der Waals surface area contributed by atoms with Gasteiger partial charge in [-0.2, -0.15) is 0 Å². The van der Waals surface area contributed by atoms with Crippen molar-refractivity contribution in [1.82, 2.24) is 0 Å². The van der Waals surface area contributed by atoms with Crippen LogP contribution in [0.5, 0.6) is 11.5 Å². The van der Waals surface area contributed by atoms with E-state index >= 15 is 0 Å². The molecule has 0 aliphatic rings. The fourth-order valence-electron chi connectivity index (χ4n) is 5.41. The standard InChI is InChI=1S/C43H34N2O4/c1-4-42(46)48-40-27-23-38(24-28-40)45(39-25-29-41(30-26-39)49-43(47)5-2)37-21-15-33(16-22-37)32-13-19-36(20-14-32)44(34-9-7-6-8-10-34)35-17-11-31(3)12-18-35/h4-30H,1-2H2,3H3. The third-order valence-corrected chi connectivity index (χ3v) is 7.85. The summed E-state index contributed by atoms with van der Waals surface area (Å²) in [6, 6.07) is 50.2. The van der Waals surface area contributed by atoms with Gasteiger partial charge in [0.2, 0.25) is 0 Å². The van der Waals surface area contributed by atoms with E-state index in [0.717, 1.165) is 57.4 Å². The largest absolute Gasteiger partial charge is 0.423 e. The Kier molecular flexibility index (Phi) is 9.78. The molecule has 0 heterocycles. The molecule has 6 aromatic carbocycles. The molecule has 0 fully saturated rings. The fraction of sp³-hybridized carbons (Fsp3) is 0.0233. The van der Waals surface area contributed by atoms with E-state index in [9.17, 15) is 9.59 Å². The van der Waals surface area contributed by atoms with Crippen molar-refractivity contribution in [2.45, 2.75) is 6.92 Å². The summed E-state index contributed by atoms with van der Waals surface area (Å²) in [5.74, 6) is -0.235. The van der Waals surface area contributed by atoms with Crippen LogP contribution >= 0.6 is 0 Å². The third kappa shape index (κ3) is 7.67. The summed E-state index contributed by atoms with van der Waals surface area (Å²) in [5, 5.41) is 0. The van der Waals surface area contributed by atoms with Crippen LogP contribution in [0.3, 0.4) is 0 Å². The molecule has 0 aliphatic carbocycles. The molecule has 49 heavy (non-hydrogen) atoms. The maximum absolute atomic E-state index is 11.7. The number of aryl methyl sites for hydroxylation is 1. The molecule has 0 atom stereocenters. The Morgan fingerprint density at radius 2 is 0.755 bits per heavy atom. The fourth-order valence-corrected chi connectivity index (χ4v) is 5.41. The monoisotopic (exact) mass is 642 g/mol. The highest BCUT2D eigenvalue weighted by atomic mass is 16.5. The molecule has 6 nitrogen and oxygen atoms in total. The number of para-hydroxylation sites is 1. The van der Waals surface area contributed by atoms with Crippen LogP contribution in [0.2, 0.25) is 0 Å². The van der Waals surface area contributed by atoms with Crippen molar-refractivity contribution in [3.8, 4) is 22.6 Å². The second-order valence-electron chi connectivity index (χ2n) is 11.2. The number of rotatable bonds is 11. The normalized spacial score (nSPS) is 10.5. The molecule has 0 saturated carbocycles. The van der Waals surface area contributed by atoms with Gasteiger partial charge < -0.3 is 19.3 Å². The zero-order valence-corrected chi connectivity index (χ0v) is 27.0. The SMILES string of the molecule is C=CC(=O)Oc1ccc(N(c2ccc(OC(=O)C=C)cc2)c2ccc(-c3ccc(N(c4ccccc4)c4ccc(C)cc4)cc3)cc2)cc1. The predicted molar refractivity (Wildman–Crippen MR) is 198 cm³/mol. The number of ether oxygens (including phenoxy) is 2. The molecule has 6 heteroatoms. The Balaban J connectivity index is 1.30. The summed E-state index contributed by atoms with van der Waals surface area (Å²) in [4.78, 5) is 27.7. The minimum Gasteiger partial charge on any atom is -0.423 e. The van der Waals surface area contributed by atoms with Gasteiger partial charge in [-0.25, -0.2) is 9.59 Å². The lowest BCUT2D eigenvalue weighted by molar-refractivity contribution is -0.129. The lowest BCUT2D eigenvalue weighted by Gasteiger charge is -2.26. The van der Waals surface area contributed by atoms with Crippen LogP contribution in [0.1, 0.15) is 5.56 Å². The smallest absolute Gasteiger partial charge is 0.335 e. The van der Waals surface area contributed by atoms with Crippen molar-refractivity contribution in [1.29, 1.82) is 0 Å². The summed E-state index contributed by atoms with van der Waals surface area (Å²) >= 11 is 0. The van der Waals surface area contributed by atoms with Gasteiger partial charge in [-0.1, -0.05) is 73.3 Å². The molecule has 0 amide bonds. The maximum atomic E-state index is 11.7. The first-order valence-corrected chi connectivity index (χ1v) is 15.7. The van der Waals surface area contributed by atoms with Crippen molar-refractivity contribution >= 4 is 46.1 Å². The van der Waals surface area contributed by atoms with Crippen LogP contribution in [0.4, 0.5) is 34.1 Å². The minimum absolute atomic E-state index is 0.410. The van der Waals surface area contributed by atoms with Crippen molar-refractivity contribution in [2.24, 2.45) is 0 Å². The summed E-state index contributed by atoms with van der Waals surface area (Å²) in [6.45, 7) is 9.01. The second kappa shape index (κ2) is 14.8. The molecule has 6 rings (SSSR count). The zero-order chi connectivity index (χ0) is 34.2. The van der Waals surface area contributed by atoms with Gasteiger partial charge in [0.05, 0.1) is 0 Å². The Hall–Kier alpha value is -6.66. The predicted octanol–water partition coefficient (Wildman–Crippen LogP) is 10.8. The van der Waals surface area contributed by atoms with Gasteiger partial charge in [0.15, 0.2) is 0 Å². The van der Waals surface area contributed by atoms with Crippen LogP contribution in [0.25, 0.3) is 11.1 Å². The topological polar surface area (TPSA) is 59.1 Å².